The summed E-state index contributed by atoms with van der Waals surface area (Å²) >= 11 is 0. The van der Waals surface area contributed by atoms with Crippen molar-refractivity contribution in [3.8, 4) is 50.9 Å². The van der Waals surface area contributed by atoms with E-state index in [9.17, 15) is 4.79 Å². The molecule has 174 valence electrons. The van der Waals surface area contributed by atoms with Crippen LogP contribution in [0.5, 0.6) is 17.2 Å². The van der Waals surface area contributed by atoms with E-state index in [-0.39, 0.29) is 12.5 Å². The molecule has 0 spiro atoms. The van der Waals surface area contributed by atoms with Crippen molar-refractivity contribution in [1.29, 1.82) is 0 Å². The summed E-state index contributed by atoms with van der Waals surface area (Å²) in [5.41, 5.74) is 7.58. The molecule has 0 saturated heterocycles. The van der Waals surface area contributed by atoms with Gasteiger partial charge < -0.3 is 19.1 Å². The molecular formula is C29H24N2O4. The number of anilines is 1. The first-order valence-electron chi connectivity index (χ1n) is 11.6. The molecule has 0 unspecified atom stereocenters. The Balaban J connectivity index is 1.50. The number of carbonyl (C=O) groups is 1. The molecule has 2 aliphatic rings. The number of carbonyl (C=O) groups excluding carboxylic acids is 1. The first kappa shape index (κ1) is 21.2. The quantitative estimate of drug-likeness (QED) is 0.400. The van der Waals surface area contributed by atoms with Gasteiger partial charge in [0.1, 0.15) is 19.0 Å². The molecule has 6 heteroatoms. The van der Waals surface area contributed by atoms with Gasteiger partial charge in [0, 0.05) is 18.2 Å². The van der Waals surface area contributed by atoms with Crippen LogP contribution in [-0.2, 0) is 4.79 Å². The highest BCUT2D eigenvalue weighted by Gasteiger charge is 2.23. The smallest absolute Gasteiger partial charge is 0.264 e. The fourth-order valence-corrected chi connectivity index (χ4v) is 4.37. The Morgan fingerprint density at radius 1 is 0.686 bits per heavy atom. The van der Waals surface area contributed by atoms with E-state index in [0.29, 0.717) is 19.0 Å². The van der Waals surface area contributed by atoms with Gasteiger partial charge in [0.05, 0.1) is 17.1 Å². The van der Waals surface area contributed by atoms with Crippen molar-refractivity contribution < 1.29 is 19.0 Å². The summed E-state index contributed by atoms with van der Waals surface area (Å²) in [5, 5.41) is 0. The molecule has 3 aromatic carbocycles. The van der Waals surface area contributed by atoms with Crippen molar-refractivity contribution in [2.24, 2.45) is 0 Å². The number of fused-ring (bicyclic) bond motifs is 2. The van der Waals surface area contributed by atoms with Crippen molar-refractivity contribution >= 4 is 11.6 Å². The number of ether oxygens (including phenoxy) is 3. The number of hydrogen-bond acceptors (Lipinski definition) is 5. The van der Waals surface area contributed by atoms with Crippen LogP contribution in [0.3, 0.4) is 0 Å². The number of nitrogens with zero attached hydrogens (tertiary/aromatic N) is 2. The lowest BCUT2D eigenvalue weighted by Crippen LogP contribution is -2.35. The topological polar surface area (TPSA) is 60.9 Å². The van der Waals surface area contributed by atoms with Crippen LogP contribution in [0.2, 0.25) is 0 Å². The van der Waals surface area contributed by atoms with Gasteiger partial charge in [-0.3, -0.25) is 4.79 Å². The van der Waals surface area contributed by atoms with Gasteiger partial charge in [0.15, 0.2) is 18.1 Å². The predicted molar refractivity (Wildman–Crippen MR) is 135 cm³/mol. The molecule has 0 bridgehead atoms. The number of aromatic nitrogens is 1. The number of pyridine rings is 1. The van der Waals surface area contributed by atoms with Gasteiger partial charge in [-0.25, -0.2) is 4.98 Å². The minimum atomic E-state index is -0.0759. The maximum Gasteiger partial charge on any atom is 0.264 e. The van der Waals surface area contributed by atoms with Gasteiger partial charge in [0.25, 0.3) is 5.91 Å². The summed E-state index contributed by atoms with van der Waals surface area (Å²) in [4.78, 5) is 18.8. The fraction of sp³-hybridized carbons (Fsp3) is 0.172. The normalized spacial score (nSPS) is 14.3. The third-order valence-electron chi connectivity index (χ3n) is 6.39. The van der Waals surface area contributed by atoms with E-state index in [2.05, 4.69) is 43.3 Å². The van der Waals surface area contributed by atoms with Crippen LogP contribution in [0.15, 0.2) is 72.8 Å². The van der Waals surface area contributed by atoms with E-state index in [1.807, 2.05) is 36.4 Å². The minimum Gasteiger partial charge on any atom is -0.486 e. The first-order valence-corrected chi connectivity index (χ1v) is 11.6. The third kappa shape index (κ3) is 3.97. The van der Waals surface area contributed by atoms with Crippen LogP contribution in [0.25, 0.3) is 33.6 Å². The Bertz CT molecular complexity index is 1450. The van der Waals surface area contributed by atoms with Crippen molar-refractivity contribution in [3.05, 3.63) is 78.4 Å². The van der Waals surface area contributed by atoms with E-state index in [1.54, 1.807) is 11.9 Å². The summed E-state index contributed by atoms with van der Waals surface area (Å²) in [6.45, 7) is 3.21. The van der Waals surface area contributed by atoms with Gasteiger partial charge >= 0.3 is 0 Å². The molecule has 35 heavy (non-hydrogen) atoms. The molecule has 1 amide bonds. The van der Waals surface area contributed by atoms with E-state index < -0.39 is 0 Å². The third-order valence-corrected chi connectivity index (χ3v) is 6.39. The molecule has 0 radical (unpaired) electrons. The molecule has 1 aromatic heterocycles. The SMILES string of the molecule is Cc1ccc(-c2cc(-c3ccc4c(c3)OCCO4)nc(-c3ccc4c(c3)N(C)C(=O)CO4)c2)cc1. The van der Waals surface area contributed by atoms with Crippen LogP contribution < -0.4 is 19.1 Å². The Hall–Kier alpha value is -4.32. The molecule has 0 fully saturated rings. The lowest BCUT2D eigenvalue weighted by molar-refractivity contribution is -0.120. The average molecular weight is 465 g/mol. The molecule has 0 aliphatic carbocycles. The Morgan fingerprint density at radius 3 is 2.06 bits per heavy atom. The summed E-state index contributed by atoms with van der Waals surface area (Å²) < 4.78 is 17.1. The maximum absolute atomic E-state index is 12.2. The lowest BCUT2D eigenvalue weighted by atomic mass is 9.98. The summed E-state index contributed by atoms with van der Waals surface area (Å²) in [7, 11) is 1.77. The number of likely N-dealkylation sites (N-methyl/N-ethyl adjacent to an activating group) is 1. The predicted octanol–water partition coefficient (Wildman–Crippen LogP) is 5.52. The van der Waals surface area contributed by atoms with Gasteiger partial charge in [0.2, 0.25) is 0 Å². The van der Waals surface area contributed by atoms with Crippen molar-refractivity contribution in [2.45, 2.75) is 6.92 Å². The highest BCUT2D eigenvalue weighted by molar-refractivity contribution is 5.98. The monoisotopic (exact) mass is 464 g/mol. The zero-order valence-electron chi connectivity index (χ0n) is 19.6. The largest absolute Gasteiger partial charge is 0.486 e. The maximum atomic E-state index is 12.2. The molecule has 2 aliphatic heterocycles. The first-order chi connectivity index (χ1) is 17.0. The number of amides is 1. The molecule has 6 nitrogen and oxygen atoms in total. The Morgan fingerprint density at radius 2 is 1.31 bits per heavy atom. The van der Waals surface area contributed by atoms with Crippen molar-refractivity contribution in [3.63, 3.8) is 0 Å². The molecule has 0 atom stereocenters. The molecule has 6 rings (SSSR count). The van der Waals surface area contributed by atoms with Crippen LogP contribution in [0.4, 0.5) is 5.69 Å². The second-order valence-electron chi connectivity index (χ2n) is 8.77. The van der Waals surface area contributed by atoms with Crippen molar-refractivity contribution in [1.82, 2.24) is 4.98 Å². The fourth-order valence-electron chi connectivity index (χ4n) is 4.37. The van der Waals surface area contributed by atoms with Gasteiger partial charge in [-0.2, -0.15) is 0 Å². The zero-order chi connectivity index (χ0) is 23.9. The van der Waals surface area contributed by atoms with Crippen LogP contribution in [0, 0.1) is 6.92 Å². The average Bonchev–Trinajstić information content (AvgIpc) is 2.90. The van der Waals surface area contributed by atoms with E-state index in [4.69, 9.17) is 19.2 Å². The molecule has 0 saturated carbocycles. The van der Waals surface area contributed by atoms with Crippen LogP contribution >= 0.6 is 0 Å². The highest BCUT2D eigenvalue weighted by atomic mass is 16.6. The van der Waals surface area contributed by atoms with E-state index in [0.717, 1.165) is 50.8 Å². The minimum absolute atomic E-state index is 0.0538. The highest BCUT2D eigenvalue weighted by Crippen LogP contribution is 2.39. The Kier molecular flexibility index (Phi) is 5.14. The second kappa shape index (κ2) is 8.47. The lowest BCUT2D eigenvalue weighted by Gasteiger charge is -2.26. The second-order valence-corrected chi connectivity index (χ2v) is 8.77. The van der Waals surface area contributed by atoms with Gasteiger partial charge in [-0.05, 0) is 66.6 Å². The number of hydrogen-bond donors (Lipinski definition) is 0. The molecule has 3 heterocycles. The van der Waals surface area contributed by atoms with Gasteiger partial charge in [-0.15, -0.1) is 0 Å². The molecule has 4 aromatic rings. The van der Waals surface area contributed by atoms with Crippen LogP contribution in [0.1, 0.15) is 5.56 Å². The number of aryl methyl sites for hydroxylation is 1. The summed E-state index contributed by atoms with van der Waals surface area (Å²) in [5.74, 6) is 2.09. The van der Waals surface area contributed by atoms with Crippen molar-refractivity contribution in [2.75, 3.05) is 31.8 Å². The number of rotatable bonds is 3. The van der Waals surface area contributed by atoms with E-state index >= 15 is 0 Å². The standard InChI is InChI=1S/C29H24N2O4/c1-18-3-5-19(6-4-18)22-13-23(20-7-9-26-25(15-20)31(2)29(32)17-35-26)30-24(14-22)21-8-10-27-28(16-21)34-12-11-33-27/h3-10,13-16H,11-12,17H2,1-2H3. The van der Waals surface area contributed by atoms with Crippen LogP contribution in [-0.4, -0.2) is 37.8 Å². The van der Waals surface area contributed by atoms with Gasteiger partial charge in [-0.1, -0.05) is 29.8 Å². The Labute approximate surface area is 203 Å². The molecular weight excluding hydrogens is 440 g/mol. The zero-order valence-corrected chi connectivity index (χ0v) is 19.6. The summed E-state index contributed by atoms with van der Waals surface area (Å²) in [6, 6.07) is 24.4. The van der Waals surface area contributed by atoms with E-state index in [1.165, 1.54) is 5.56 Å². The number of benzene rings is 3. The summed E-state index contributed by atoms with van der Waals surface area (Å²) in [6.07, 6.45) is 0. The molecule has 0 N–H and O–H groups in total.